The molecular formula is C13H18N4O2S. The molecule has 2 rings (SSSR count). The van der Waals surface area contributed by atoms with Gasteiger partial charge in [0.05, 0.1) is 6.20 Å². The van der Waals surface area contributed by atoms with Crippen molar-refractivity contribution >= 4 is 10.0 Å². The fraction of sp³-hybridized carbons (Fsp3) is 0.385. The van der Waals surface area contributed by atoms with Crippen LogP contribution in [-0.4, -0.2) is 23.4 Å². The Balaban J connectivity index is 2.27. The lowest BCUT2D eigenvalue weighted by atomic mass is 10.0. The monoisotopic (exact) mass is 294 g/mol. The largest absolute Gasteiger partial charge is 0.259 e. The van der Waals surface area contributed by atoms with Crippen LogP contribution in [0.15, 0.2) is 29.4 Å². The molecule has 0 saturated heterocycles. The third-order valence-corrected chi connectivity index (χ3v) is 4.61. The summed E-state index contributed by atoms with van der Waals surface area (Å²) in [4.78, 5) is 0. The van der Waals surface area contributed by atoms with Crippen LogP contribution in [0.1, 0.15) is 29.7 Å². The van der Waals surface area contributed by atoms with Crippen molar-refractivity contribution in [2.75, 3.05) is 0 Å². The van der Waals surface area contributed by atoms with Crippen LogP contribution in [0.4, 0.5) is 0 Å². The Kier molecular flexibility index (Phi) is 3.92. The van der Waals surface area contributed by atoms with Crippen LogP contribution in [0.25, 0.3) is 0 Å². The van der Waals surface area contributed by atoms with Crippen LogP contribution in [0.2, 0.25) is 0 Å². The van der Waals surface area contributed by atoms with Gasteiger partial charge >= 0.3 is 0 Å². The number of nitrogens with one attached hydrogen (secondary N) is 1. The molecule has 0 fully saturated rings. The Morgan fingerprint density at radius 1 is 1.20 bits per heavy atom. The maximum absolute atomic E-state index is 12.3. The second kappa shape index (κ2) is 5.34. The van der Waals surface area contributed by atoms with Gasteiger partial charge in [-0.15, -0.1) is 5.10 Å². The van der Waals surface area contributed by atoms with Crippen molar-refractivity contribution in [3.63, 3.8) is 0 Å². The number of aryl methyl sites for hydroxylation is 3. The highest BCUT2D eigenvalue weighted by molar-refractivity contribution is 7.89. The van der Waals surface area contributed by atoms with E-state index < -0.39 is 10.0 Å². The van der Waals surface area contributed by atoms with Crippen LogP contribution < -0.4 is 4.72 Å². The van der Waals surface area contributed by atoms with E-state index in [2.05, 4.69) is 21.1 Å². The van der Waals surface area contributed by atoms with Crippen molar-refractivity contribution < 1.29 is 8.42 Å². The fourth-order valence-electron chi connectivity index (χ4n) is 2.14. The average Bonchev–Trinajstić information content (AvgIpc) is 2.74. The van der Waals surface area contributed by atoms with Crippen LogP contribution >= 0.6 is 0 Å². The molecule has 6 nitrogen and oxygen atoms in total. The Morgan fingerprint density at radius 2 is 1.80 bits per heavy atom. The predicted molar refractivity (Wildman–Crippen MR) is 75.7 cm³/mol. The van der Waals surface area contributed by atoms with Gasteiger partial charge < -0.3 is 0 Å². The zero-order valence-electron chi connectivity index (χ0n) is 12.0. The number of hydrogen-bond donors (Lipinski definition) is 1. The predicted octanol–water partition coefficient (Wildman–Crippen LogP) is 1.47. The molecule has 1 unspecified atom stereocenters. The lowest BCUT2D eigenvalue weighted by Gasteiger charge is -2.15. The van der Waals surface area contributed by atoms with E-state index in [1.807, 2.05) is 32.9 Å². The average molecular weight is 294 g/mol. The number of nitrogens with zero attached hydrogens (tertiary/aromatic N) is 3. The summed E-state index contributed by atoms with van der Waals surface area (Å²) in [5.74, 6) is 0. The topological polar surface area (TPSA) is 76.9 Å². The molecule has 20 heavy (non-hydrogen) atoms. The lowest BCUT2D eigenvalue weighted by Crippen LogP contribution is -2.28. The molecule has 0 saturated carbocycles. The SMILES string of the molecule is Cc1cc(C)cc(C(C)NS(=O)(=O)c2cnnn2C)c1. The Bertz CT molecular complexity index is 701. The minimum absolute atomic E-state index is 0.0497. The first-order chi connectivity index (χ1) is 9.29. The molecule has 7 heteroatoms. The van der Waals surface area contributed by atoms with Gasteiger partial charge in [-0.1, -0.05) is 34.5 Å². The molecular weight excluding hydrogens is 276 g/mol. The normalized spacial score (nSPS) is 13.4. The molecule has 1 aromatic carbocycles. The fourth-order valence-corrected chi connectivity index (χ4v) is 3.44. The van der Waals surface area contributed by atoms with Gasteiger partial charge in [-0.2, -0.15) is 0 Å². The van der Waals surface area contributed by atoms with Crippen molar-refractivity contribution in [3.8, 4) is 0 Å². The number of hydrogen-bond acceptors (Lipinski definition) is 4. The van der Waals surface area contributed by atoms with Crippen molar-refractivity contribution in [1.82, 2.24) is 19.7 Å². The highest BCUT2D eigenvalue weighted by Crippen LogP contribution is 2.19. The molecule has 2 aromatic rings. The molecule has 0 aliphatic rings. The first kappa shape index (κ1) is 14.7. The molecule has 0 spiro atoms. The van der Waals surface area contributed by atoms with Gasteiger partial charge in [0.25, 0.3) is 10.0 Å². The van der Waals surface area contributed by atoms with Crippen LogP contribution in [0.3, 0.4) is 0 Å². The summed E-state index contributed by atoms with van der Waals surface area (Å²) >= 11 is 0. The summed E-state index contributed by atoms with van der Waals surface area (Å²) in [6.45, 7) is 5.79. The van der Waals surface area contributed by atoms with E-state index >= 15 is 0 Å². The maximum Gasteiger partial charge on any atom is 0.259 e. The highest BCUT2D eigenvalue weighted by atomic mass is 32.2. The molecule has 0 radical (unpaired) electrons. The number of benzene rings is 1. The first-order valence-electron chi connectivity index (χ1n) is 6.25. The Hall–Kier alpha value is -1.73. The standard InChI is InChI=1S/C13H18N4O2S/c1-9-5-10(2)7-12(6-9)11(3)15-20(18,19)13-8-14-16-17(13)4/h5-8,11,15H,1-4H3. The minimum atomic E-state index is -3.63. The van der Waals surface area contributed by atoms with Gasteiger partial charge in [-0.3, -0.25) is 0 Å². The van der Waals surface area contributed by atoms with E-state index in [1.54, 1.807) is 7.05 Å². The highest BCUT2D eigenvalue weighted by Gasteiger charge is 2.22. The molecule has 1 aromatic heterocycles. The number of rotatable bonds is 4. The summed E-state index contributed by atoms with van der Waals surface area (Å²) < 4.78 is 28.4. The molecule has 1 atom stereocenters. The molecule has 0 aliphatic heterocycles. The van der Waals surface area contributed by atoms with E-state index in [4.69, 9.17) is 0 Å². The summed E-state index contributed by atoms with van der Waals surface area (Å²) in [6.07, 6.45) is 1.23. The van der Waals surface area contributed by atoms with Crippen LogP contribution in [0.5, 0.6) is 0 Å². The summed E-state index contributed by atoms with van der Waals surface area (Å²) in [6, 6.07) is 5.67. The summed E-state index contributed by atoms with van der Waals surface area (Å²) in [5.41, 5.74) is 3.14. The third kappa shape index (κ3) is 3.05. The molecule has 1 heterocycles. The van der Waals surface area contributed by atoms with Gasteiger partial charge in [-0.25, -0.2) is 17.8 Å². The van der Waals surface area contributed by atoms with Gasteiger partial charge in [0.2, 0.25) is 0 Å². The zero-order valence-corrected chi connectivity index (χ0v) is 12.8. The second-order valence-electron chi connectivity index (χ2n) is 4.96. The third-order valence-electron chi connectivity index (χ3n) is 3.02. The second-order valence-corrected chi connectivity index (χ2v) is 6.62. The lowest BCUT2D eigenvalue weighted by molar-refractivity contribution is 0.548. The number of sulfonamides is 1. The van der Waals surface area contributed by atoms with E-state index in [1.165, 1.54) is 10.9 Å². The molecule has 0 bridgehead atoms. The van der Waals surface area contributed by atoms with Gasteiger partial charge in [0, 0.05) is 13.1 Å². The number of aromatic nitrogens is 3. The van der Waals surface area contributed by atoms with Crippen LogP contribution in [0, 0.1) is 13.8 Å². The van der Waals surface area contributed by atoms with Crippen LogP contribution in [-0.2, 0) is 17.1 Å². The molecule has 1 N–H and O–H groups in total. The van der Waals surface area contributed by atoms with E-state index in [-0.39, 0.29) is 11.1 Å². The minimum Gasteiger partial charge on any atom is -0.236 e. The smallest absolute Gasteiger partial charge is 0.236 e. The first-order valence-corrected chi connectivity index (χ1v) is 7.73. The van der Waals surface area contributed by atoms with Crippen molar-refractivity contribution in [2.24, 2.45) is 7.05 Å². The van der Waals surface area contributed by atoms with E-state index in [0.29, 0.717) is 0 Å². The zero-order chi connectivity index (χ0) is 14.9. The maximum atomic E-state index is 12.3. The van der Waals surface area contributed by atoms with E-state index in [9.17, 15) is 8.42 Å². The van der Waals surface area contributed by atoms with Gasteiger partial charge in [-0.05, 0) is 26.3 Å². The molecule has 0 amide bonds. The van der Waals surface area contributed by atoms with E-state index in [0.717, 1.165) is 16.7 Å². The van der Waals surface area contributed by atoms with Crippen molar-refractivity contribution in [1.29, 1.82) is 0 Å². The van der Waals surface area contributed by atoms with Crippen molar-refractivity contribution in [2.45, 2.75) is 31.8 Å². The molecule has 108 valence electrons. The van der Waals surface area contributed by atoms with Gasteiger partial charge in [0.1, 0.15) is 0 Å². The summed E-state index contributed by atoms with van der Waals surface area (Å²) in [5, 5.41) is 7.28. The Morgan fingerprint density at radius 3 is 2.30 bits per heavy atom. The Labute approximate surface area is 118 Å². The van der Waals surface area contributed by atoms with Crippen molar-refractivity contribution in [3.05, 3.63) is 41.1 Å². The molecule has 0 aliphatic carbocycles. The quantitative estimate of drug-likeness (QED) is 0.926. The summed E-state index contributed by atoms with van der Waals surface area (Å²) in [7, 11) is -2.09. The van der Waals surface area contributed by atoms with Gasteiger partial charge in [0.15, 0.2) is 5.03 Å².